The molecular formula is C6H16BaN2O6S2. The molecule has 0 atom stereocenters. The zero-order valence-electron chi connectivity index (χ0n) is 9.80. The van der Waals surface area contributed by atoms with Gasteiger partial charge in [-0.3, -0.25) is 0 Å². The molecule has 0 aliphatic heterocycles. The van der Waals surface area contributed by atoms with Crippen molar-refractivity contribution in [3.8, 4) is 0 Å². The largest absolute Gasteiger partial charge is 2.00 e. The predicted molar refractivity (Wildman–Crippen MR) is 62.7 cm³/mol. The molecule has 0 saturated carbocycles. The molecule has 0 heterocycles. The van der Waals surface area contributed by atoms with Crippen LogP contribution in [0.2, 0.25) is 0 Å². The summed E-state index contributed by atoms with van der Waals surface area (Å²) in [6.45, 7) is 0.456. The molecule has 0 fully saturated rings. The first-order valence-electron chi connectivity index (χ1n) is 4.28. The molecule has 17 heavy (non-hydrogen) atoms. The third kappa shape index (κ3) is 31.7. The maximum absolute atomic E-state index is 9.79. The van der Waals surface area contributed by atoms with E-state index in [1.807, 2.05) is 0 Å². The molecule has 0 aromatic carbocycles. The summed E-state index contributed by atoms with van der Waals surface area (Å²) in [5.74, 6) is -0.660. The maximum Gasteiger partial charge on any atom is 2.00 e. The van der Waals surface area contributed by atoms with Crippen LogP contribution in [0.1, 0.15) is 0 Å². The Morgan fingerprint density at radius 1 is 0.824 bits per heavy atom. The molecule has 0 bridgehead atoms. The van der Waals surface area contributed by atoms with Crippen molar-refractivity contribution in [2.75, 3.05) is 38.7 Å². The van der Waals surface area contributed by atoms with Crippen LogP contribution in [-0.4, -0.2) is 114 Å². The maximum atomic E-state index is 9.79. The minimum atomic E-state index is -4.00. The topological polar surface area (TPSA) is 138 Å². The van der Waals surface area contributed by atoms with Crippen LogP contribution >= 0.6 is 0 Å². The zero-order chi connectivity index (χ0) is 13.2. The first kappa shape index (κ1) is 23.4. The van der Waals surface area contributed by atoms with E-state index in [9.17, 15) is 25.9 Å². The second-order valence-electron chi connectivity index (χ2n) is 2.73. The van der Waals surface area contributed by atoms with Gasteiger partial charge in [-0.05, 0) is 14.1 Å². The van der Waals surface area contributed by atoms with Crippen molar-refractivity contribution in [3.63, 3.8) is 0 Å². The van der Waals surface area contributed by atoms with Crippen molar-refractivity contribution >= 4 is 69.1 Å². The number of nitrogens with one attached hydrogen (secondary N) is 2. The molecular weight excluding hydrogens is 398 g/mol. The first-order chi connectivity index (χ1) is 7.12. The van der Waals surface area contributed by atoms with E-state index < -0.39 is 20.2 Å². The van der Waals surface area contributed by atoms with Gasteiger partial charge in [0.2, 0.25) is 0 Å². The van der Waals surface area contributed by atoms with Gasteiger partial charge in [-0.1, -0.05) is 0 Å². The third-order valence-corrected chi connectivity index (χ3v) is 2.61. The Hall–Kier alpha value is 1.31. The van der Waals surface area contributed by atoms with Crippen LogP contribution in [0.4, 0.5) is 0 Å². The normalized spacial score (nSPS) is 11.1. The van der Waals surface area contributed by atoms with E-state index in [2.05, 4.69) is 10.6 Å². The Kier molecular flexibility index (Phi) is 17.0. The standard InChI is InChI=1S/2C3H9NO3S.Ba/c2*1-4-2-3-8(5,6)7;/h2*4H,2-3H2,1H3,(H,5,6,7);/q;;+2/p-2. The fraction of sp³-hybridized carbons (Fsp3) is 1.00. The van der Waals surface area contributed by atoms with E-state index in [1.165, 1.54) is 0 Å². The van der Waals surface area contributed by atoms with Gasteiger partial charge in [-0.2, -0.15) is 0 Å². The van der Waals surface area contributed by atoms with Gasteiger partial charge in [0, 0.05) is 13.1 Å². The van der Waals surface area contributed by atoms with Crippen molar-refractivity contribution in [1.29, 1.82) is 0 Å². The predicted octanol–water partition coefficient (Wildman–Crippen LogP) is -2.88. The molecule has 100 valence electrons. The van der Waals surface area contributed by atoms with Gasteiger partial charge in [-0.25, -0.2) is 16.8 Å². The van der Waals surface area contributed by atoms with Crippen LogP contribution in [0.15, 0.2) is 0 Å². The number of hydrogen-bond donors (Lipinski definition) is 2. The second-order valence-corrected chi connectivity index (χ2v) is 5.78. The quantitative estimate of drug-likeness (QED) is 0.350. The van der Waals surface area contributed by atoms with Gasteiger partial charge >= 0.3 is 48.9 Å². The molecule has 0 aliphatic rings. The molecule has 0 aromatic heterocycles. The molecule has 8 nitrogen and oxygen atoms in total. The number of rotatable bonds is 6. The first-order valence-corrected chi connectivity index (χ1v) is 7.44. The van der Waals surface area contributed by atoms with E-state index >= 15 is 0 Å². The number of hydrogen-bond acceptors (Lipinski definition) is 8. The van der Waals surface area contributed by atoms with E-state index in [0.29, 0.717) is 0 Å². The summed E-state index contributed by atoms with van der Waals surface area (Å²) in [6.07, 6.45) is 0. The van der Waals surface area contributed by atoms with E-state index in [0.717, 1.165) is 0 Å². The molecule has 2 N–H and O–H groups in total. The summed E-state index contributed by atoms with van der Waals surface area (Å²) in [6, 6.07) is 0. The summed E-state index contributed by atoms with van der Waals surface area (Å²) in [4.78, 5) is 0. The molecule has 0 spiro atoms. The summed E-state index contributed by atoms with van der Waals surface area (Å²) >= 11 is 0. The fourth-order valence-corrected chi connectivity index (χ4v) is 1.36. The van der Waals surface area contributed by atoms with Gasteiger partial charge in [0.25, 0.3) is 0 Å². The molecule has 0 aliphatic carbocycles. The monoisotopic (exact) mass is 414 g/mol. The Balaban J connectivity index is -0.000000218. The summed E-state index contributed by atoms with van der Waals surface area (Å²) < 4.78 is 58.8. The van der Waals surface area contributed by atoms with Crippen LogP contribution in [0.25, 0.3) is 0 Å². The van der Waals surface area contributed by atoms with Crippen molar-refractivity contribution in [2.45, 2.75) is 0 Å². The van der Waals surface area contributed by atoms with E-state index in [4.69, 9.17) is 0 Å². The van der Waals surface area contributed by atoms with Crippen LogP contribution in [-0.2, 0) is 20.2 Å². The Morgan fingerprint density at radius 3 is 1.12 bits per heavy atom. The van der Waals surface area contributed by atoms with Gasteiger partial charge < -0.3 is 19.7 Å². The smallest absolute Gasteiger partial charge is 0.748 e. The SMILES string of the molecule is CNCCS(=O)(=O)[O-].CNCCS(=O)(=O)[O-].[Ba+2]. The molecule has 0 rings (SSSR count). The van der Waals surface area contributed by atoms with Crippen LogP contribution < -0.4 is 10.6 Å². The average molecular weight is 414 g/mol. The molecule has 11 heteroatoms. The van der Waals surface area contributed by atoms with Gasteiger partial charge in [0.1, 0.15) is 0 Å². The Morgan fingerprint density at radius 2 is 1.06 bits per heavy atom. The van der Waals surface area contributed by atoms with Crippen molar-refractivity contribution in [2.24, 2.45) is 0 Å². The summed E-state index contributed by atoms with van der Waals surface area (Å²) in [7, 11) is -4.82. The molecule has 0 unspecified atom stereocenters. The zero-order valence-corrected chi connectivity index (χ0v) is 15.9. The minimum absolute atomic E-state index is 0. The molecule has 0 amide bonds. The van der Waals surface area contributed by atoms with Crippen LogP contribution in [0.3, 0.4) is 0 Å². The van der Waals surface area contributed by atoms with Crippen molar-refractivity contribution in [1.82, 2.24) is 10.6 Å². The Bertz CT molecular complexity index is 319. The summed E-state index contributed by atoms with van der Waals surface area (Å²) in [5, 5.41) is 5.09. The fourth-order valence-electron chi connectivity index (χ4n) is 0.454. The van der Waals surface area contributed by atoms with Gasteiger partial charge in [-0.15, -0.1) is 0 Å². The van der Waals surface area contributed by atoms with E-state index in [1.54, 1.807) is 14.1 Å². The van der Waals surface area contributed by atoms with E-state index in [-0.39, 0.29) is 73.5 Å². The van der Waals surface area contributed by atoms with Crippen molar-refractivity contribution < 1.29 is 25.9 Å². The third-order valence-electron chi connectivity index (χ3n) is 1.20. The van der Waals surface area contributed by atoms with Gasteiger partial charge in [0.15, 0.2) is 0 Å². The molecule has 0 radical (unpaired) electrons. The average Bonchev–Trinajstić information content (AvgIpc) is 2.10. The molecule has 0 saturated heterocycles. The summed E-state index contributed by atoms with van der Waals surface area (Å²) in [5.41, 5.74) is 0. The second kappa shape index (κ2) is 12.4. The minimum Gasteiger partial charge on any atom is -0.748 e. The van der Waals surface area contributed by atoms with Crippen LogP contribution in [0, 0.1) is 0 Å². The Labute approximate surface area is 143 Å². The van der Waals surface area contributed by atoms with Crippen LogP contribution in [0.5, 0.6) is 0 Å². The molecule has 0 aromatic rings. The van der Waals surface area contributed by atoms with Gasteiger partial charge in [0.05, 0.1) is 31.7 Å². The van der Waals surface area contributed by atoms with Crippen molar-refractivity contribution in [3.05, 3.63) is 0 Å².